The van der Waals surface area contributed by atoms with Crippen molar-refractivity contribution in [1.82, 2.24) is 19.9 Å². The molecule has 38 heavy (non-hydrogen) atoms. The van der Waals surface area contributed by atoms with Crippen molar-refractivity contribution < 1.29 is 14.1 Å². The van der Waals surface area contributed by atoms with Crippen LogP contribution in [0.25, 0.3) is 22.8 Å². The number of aromatic nitrogens is 2. The zero-order valence-electron chi connectivity index (χ0n) is 22.8. The minimum absolute atomic E-state index is 0.00290. The number of rotatable bonds is 5. The number of hydrogen-bond acceptors (Lipinski definition) is 8. The first-order valence-electron chi connectivity index (χ1n) is 13.1. The number of nitrogens with two attached hydrogens (primary N) is 1. The van der Waals surface area contributed by atoms with Gasteiger partial charge in [0.1, 0.15) is 11.8 Å². The lowest BCUT2D eigenvalue weighted by Crippen LogP contribution is -2.43. The first-order valence-corrected chi connectivity index (χ1v) is 13.1. The number of aryl methyl sites for hydroxylation is 1. The second-order valence-electron chi connectivity index (χ2n) is 9.56. The van der Waals surface area contributed by atoms with Crippen molar-refractivity contribution in [3.8, 4) is 34.7 Å². The third-order valence-electron chi connectivity index (χ3n) is 6.21. The summed E-state index contributed by atoms with van der Waals surface area (Å²) in [6.45, 7) is 10.3. The van der Waals surface area contributed by atoms with Gasteiger partial charge in [-0.2, -0.15) is 10.2 Å². The number of carbonyl (C=O) groups excluding carboxylic acids is 1. The summed E-state index contributed by atoms with van der Waals surface area (Å²) >= 11 is 0. The van der Waals surface area contributed by atoms with Crippen molar-refractivity contribution in [2.75, 3.05) is 39.8 Å². The Labute approximate surface area is 225 Å². The van der Waals surface area contributed by atoms with E-state index in [-0.39, 0.29) is 6.10 Å². The third-order valence-corrected chi connectivity index (χ3v) is 6.21. The molecule has 2 aliphatic rings. The Bertz CT molecular complexity index is 1230. The monoisotopic (exact) mass is 518 g/mol. The smallest absolute Gasteiger partial charge is 0.258 e. The summed E-state index contributed by atoms with van der Waals surface area (Å²) in [5.74, 6) is 1.56. The molecule has 0 radical (unpaired) electrons. The molecule has 1 aromatic heterocycles. The van der Waals surface area contributed by atoms with Gasteiger partial charge in [-0.25, -0.2) is 0 Å². The third kappa shape index (κ3) is 7.63. The molecule has 1 aliphatic heterocycles. The van der Waals surface area contributed by atoms with E-state index >= 15 is 0 Å². The first kappa shape index (κ1) is 28.8. The van der Waals surface area contributed by atoms with E-state index < -0.39 is 0 Å². The molecule has 202 valence electrons. The van der Waals surface area contributed by atoms with E-state index in [1.54, 1.807) is 17.0 Å². The van der Waals surface area contributed by atoms with Crippen LogP contribution in [0.5, 0.6) is 5.75 Å². The van der Waals surface area contributed by atoms with Crippen molar-refractivity contribution in [2.24, 2.45) is 5.73 Å². The van der Waals surface area contributed by atoms with E-state index in [0.29, 0.717) is 28.6 Å². The van der Waals surface area contributed by atoms with Crippen LogP contribution in [0.3, 0.4) is 0 Å². The van der Waals surface area contributed by atoms with Gasteiger partial charge in [-0.1, -0.05) is 30.3 Å². The van der Waals surface area contributed by atoms with Crippen LogP contribution in [-0.4, -0.2) is 72.2 Å². The predicted molar refractivity (Wildman–Crippen MR) is 148 cm³/mol. The summed E-state index contributed by atoms with van der Waals surface area (Å²) in [4.78, 5) is 18.8. The largest absolute Gasteiger partial charge is 0.490 e. The predicted octanol–water partition coefficient (Wildman–Crippen LogP) is 3.91. The molecule has 2 aromatic carbocycles. The fourth-order valence-electron chi connectivity index (χ4n) is 4.31. The molecule has 2 heterocycles. The topological polar surface area (TPSA) is 122 Å². The second kappa shape index (κ2) is 14.3. The van der Waals surface area contributed by atoms with Crippen molar-refractivity contribution in [1.29, 1.82) is 5.26 Å². The number of hydrogen-bond donors (Lipinski definition) is 1. The van der Waals surface area contributed by atoms with Gasteiger partial charge >= 0.3 is 0 Å². The van der Waals surface area contributed by atoms with Gasteiger partial charge in [-0.3, -0.25) is 4.79 Å². The summed E-state index contributed by atoms with van der Waals surface area (Å²) in [6, 6.07) is 13.8. The highest BCUT2D eigenvalue weighted by Gasteiger charge is 2.20. The fourth-order valence-corrected chi connectivity index (χ4v) is 4.31. The van der Waals surface area contributed by atoms with Crippen LogP contribution in [-0.2, 0) is 17.6 Å². The molecule has 1 fully saturated rings. The molecule has 0 unspecified atom stereocenters. The van der Waals surface area contributed by atoms with Crippen LogP contribution < -0.4 is 10.5 Å². The molecule has 3 aromatic rings. The molecule has 0 atom stereocenters. The van der Waals surface area contributed by atoms with Gasteiger partial charge in [-0.05, 0) is 76.0 Å². The molecule has 5 rings (SSSR count). The Balaban J connectivity index is 0.000000278. The molecule has 0 bridgehead atoms. The quantitative estimate of drug-likeness (QED) is 0.505. The Morgan fingerprint density at radius 3 is 2.58 bits per heavy atom. The lowest BCUT2D eigenvalue weighted by Gasteiger charge is -2.29. The van der Waals surface area contributed by atoms with Gasteiger partial charge in [0.25, 0.3) is 5.89 Å². The summed E-state index contributed by atoms with van der Waals surface area (Å²) in [6.07, 6.45) is 4.25. The van der Waals surface area contributed by atoms with Crippen LogP contribution >= 0.6 is 0 Å². The van der Waals surface area contributed by atoms with Gasteiger partial charge < -0.3 is 24.8 Å². The van der Waals surface area contributed by atoms with Crippen molar-refractivity contribution >= 4 is 6.41 Å². The number of carbonyl (C=O) groups is 1. The number of piperazine rings is 1. The van der Waals surface area contributed by atoms with E-state index in [0.717, 1.165) is 57.5 Å². The maximum Gasteiger partial charge on any atom is 0.258 e. The molecule has 9 heteroatoms. The number of likely N-dealkylation sites (N-methyl/N-ethyl adjacent to an activating group) is 1. The van der Waals surface area contributed by atoms with Gasteiger partial charge in [0, 0.05) is 37.3 Å². The fraction of sp³-hybridized carbons (Fsp3) is 0.448. The van der Waals surface area contributed by atoms with Crippen LogP contribution in [0.2, 0.25) is 0 Å². The SMILES string of the molecule is CC(C)Oc1ccc(-c2nc(-c3cccc4c3CCC4)no2)cc1C#N.CCN.CN1CCN(C=O)CC1. The van der Waals surface area contributed by atoms with Crippen molar-refractivity contribution in [3.63, 3.8) is 0 Å². The molecular formula is C29H38N6O3. The molecule has 0 saturated carbocycles. The van der Waals surface area contributed by atoms with Gasteiger partial charge in [-0.15, -0.1) is 0 Å². The Morgan fingerprint density at radius 2 is 1.92 bits per heavy atom. The van der Waals surface area contributed by atoms with Gasteiger partial charge in [0.15, 0.2) is 0 Å². The van der Waals surface area contributed by atoms with E-state index in [9.17, 15) is 10.1 Å². The Morgan fingerprint density at radius 1 is 1.18 bits per heavy atom. The normalized spacial score (nSPS) is 14.5. The summed E-state index contributed by atoms with van der Waals surface area (Å²) in [5.41, 5.74) is 9.74. The van der Waals surface area contributed by atoms with Crippen LogP contribution in [0.15, 0.2) is 40.9 Å². The highest BCUT2D eigenvalue weighted by Crippen LogP contribution is 2.32. The van der Waals surface area contributed by atoms with E-state index in [4.69, 9.17) is 15.0 Å². The number of nitrogens with zero attached hydrogens (tertiary/aromatic N) is 5. The molecule has 1 amide bonds. The lowest BCUT2D eigenvalue weighted by molar-refractivity contribution is -0.119. The van der Waals surface area contributed by atoms with Gasteiger partial charge in [0.2, 0.25) is 12.2 Å². The maximum atomic E-state index is 10.2. The number of ether oxygens (including phenoxy) is 1. The molecule has 2 N–H and O–H groups in total. The highest BCUT2D eigenvalue weighted by molar-refractivity contribution is 5.66. The van der Waals surface area contributed by atoms with Crippen LogP contribution in [0, 0.1) is 11.3 Å². The number of fused-ring (bicyclic) bond motifs is 1. The average molecular weight is 519 g/mol. The summed E-state index contributed by atoms with van der Waals surface area (Å²) in [7, 11) is 2.07. The minimum atomic E-state index is 0.00290. The summed E-state index contributed by atoms with van der Waals surface area (Å²) < 4.78 is 11.1. The maximum absolute atomic E-state index is 10.2. The van der Waals surface area contributed by atoms with Gasteiger partial charge in [0.05, 0.1) is 11.7 Å². The zero-order chi connectivity index (χ0) is 27.5. The molecule has 0 spiro atoms. The molecule has 1 aliphatic carbocycles. The Kier molecular flexibility index (Phi) is 10.8. The summed E-state index contributed by atoms with van der Waals surface area (Å²) in [5, 5.41) is 13.6. The minimum Gasteiger partial charge on any atom is -0.490 e. The van der Waals surface area contributed by atoms with Crippen molar-refractivity contribution in [3.05, 3.63) is 53.1 Å². The second-order valence-corrected chi connectivity index (χ2v) is 9.56. The number of amides is 1. The molecular weight excluding hydrogens is 480 g/mol. The lowest BCUT2D eigenvalue weighted by atomic mass is 10.0. The van der Waals surface area contributed by atoms with Crippen LogP contribution in [0.4, 0.5) is 0 Å². The first-order chi connectivity index (χ1) is 18.4. The van der Waals surface area contributed by atoms with E-state index in [1.807, 2.05) is 39.0 Å². The number of nitriles is 1. The van der Waals surface area contributed by atoms with Crippen LogP contribution in [0.1, 0.15) is 43.9 Å². The molecule has 1 saturated heterocycles. The zero-order valence-corrected chi connectivity index (χ0v) is 22.8. The van der Waals surface area contributed by atoms with E-state index in [1.165, 1.54) is 17.5 Å². The molecule has 9 nitrogen and oxygen atoms in total. The standard InChI is InChI=1S/C21H19N3O2.C6H12N2O.C2H7N/c1-13(2)25-19-10-9-15(11-16(19)12-22)21-23-20(24-26-21)18-8-4-6-14-5-3-7-17(14)18;1-7-2-4-8(6-9)5-3-7;1-2-3/h4,6,8-11,13H,3,5,7H2,1-2H3;6H,2-5H2,1H3;2-3H2,1H3. The van der Waals surface area contributed by atoms with E-state index in [2.05, 4.69) is 34.2 Å². The number of benzene rings is 2. The Hall–Kier alpha value is -3.74. The highest BCUT2D eigenvalue weighted by atomic mass is 16.5. The average Bonchev–Trinajstić information content (AvgIpc) is 3.60. The van der Waals surface area contributed by atoms with Crippen molar-refractivity contribution in [2.45, 2.75) is 46.1 Å².